The van der Waals surface area contributed by atoms with Crippen LogP contribution in [0.25, 0.3) is 0 Å². The third-order valence-electron chi connectivity index (χ3n) is 2.60. The second-order valence-electron chi connectivity index (χ2n) is 4.08. The van der Waals surface area contributed by atoms with E-state index in [1.165, 1.54) is 0 Å². The molecule has 0 aliphatic heterocycles. The van der Waals surface area contributed by atoms with E-state index in [2.05, 4.69) is 27.4 Å². The van der Waals surface area contributed by atoms with Crippen molar-refractivity contribution in [1.29, 1.82) is 0 Å². The highest BCUT2D eigenvalue weighted by Crippen LogP contribution is 2.18. The molecule has 1 unspecified atom stereocenters. The fourth-order valence-electron chi connectivity index (χ4n) is 1.07. The summed E-state index contributed by atoms with van der Waals surface area (Å²) in [6.07, 6.45) is 1.76. The highest BCUT2D eigenvalue weighted by atomic mass is 16.5. The molecule has 82 valence electrons. The fourth-order valence-corrected chi connectivity index (χ4v) is 1.07. The van der Waals surface area contributed by atoms with Gasteiger partial charge in [-0.1, -0.05) is 27.4 Å². The van der Waals surface area contributed by atoms with E-state index < -0.39 is 0 Å². The highest BCUT2D eigenvalue weighted by molar-refractivity contribution is 5.87. The summed E-state index contributed by atoms with van der Waals surface area (Å²) in [5, 5.41) is 0. The molecule has 0 N–H and O–H groups in total. The van der Waals surface area contributed by atoms with Crippen molar-refractivity contribution in [1.82, 2.24) is 0 Å². The smallest absolute Gasteiger partial charge is 0.333 e. The molecule has 0 radical (unpaired) electrons. The van der Waals surface area contributed by atoms with Crippen molar-refractivity contribution in [2.45, 2.75) is 40.5 Å². The van der Waals surface area contributed by atoms with Crippen LogP contribution < -0.4 is 0 Å². The van der Waals surface area contributed by atoms with Crippen LogP contribution in [0.1, 0.15) is 40.5 Å². The van der Waals surface area contributed by atoms with E-state index in [0.29, 0.717) is 24.0 Å². The van der Waals surface area contributed by atoms with Gasteiger partial charge in [0.05, 0.1) is 6.61 Å². The summed E-state index contributed by atoms with van der Waals surface area (Å²) in [5.41, 5.74) is 0.597. The molecule has 0 spiro atoms. The minimum atomic E-state index is -0.247. The molecular formula is C12H22O2. The summed E-state index contributed by atoms with van der Waals surface area (Å²) in [5.74, 6) is 1.04. The Morgan fingerprint density at radius 2 is 1.93 bits per heavy atom. The zero-order valence-electron chi connectivity index (χ0n) is 9.80. The van der Waals surface area contributed by atoms with E-state index in [-0.39, 0.29) is 5.97 Å². The summed E-state index contributed by atoms with van der Waals surface area (Å²) >= 11 is 0. The van der Waals surface area contributed by atoms with E-state index in [1.54, 1.807) is 0 Å². The standard InChI is InChI=1S/C12H22O2/c1-6-14-12(13)11(5)8-7-10(4)9(2)3/h9-10H,5-8H2,1-4H3. The number of carbonyl (C=O) groups is 1. The van der Waals surface area contributed by atoms with Gasteiger partial charge in [-0.2, -0.15) is 0 Å². The van der Waals surface area contributed by atoms with Gasteiger partial charge in [-0.25, -0.2) is 4.79 Å². The Morgan fingerprint density at radius 3 is 2.36 bits per heavy atom. The normalized spacial score (nSPS) is 12.6. The van der Waals surface area contributed by atoms with Gasteiger partial charge >= 0.3 is 5.97 Å². The number of esters is 1. The molecule has 0 bridgehead atoms. The lowest BCUT2D eigenvalue weighted by atomic mass is 9.92. The lowest BCUT2D eigenvalue weighted by Gasteiger charge is -2.15. The summed E-state index contributed by atoms with van der Waals surface area (Å²) < 4.78 is 4.86. The number of ether oxygens (including phenoxy) is 1. The predicted molar refractivity (Wildman–Crippen MR) is 59.0 cm³/mol. The first-order valence-corrected chi connectivity index (χ1v) is 5.33. The minimum absolute atomic E-state index is 0.247. The molecule has 0 saturated heterocycles. The maximum Gasteiger partial charge on any atom is 0.333 e. The Labute approximate surface area is 87.3 Å². The van der Waals surface area contributed by atoms with Crippen molar-refractivity contribution < 1.29 is 9.53 Å². The molecule has 0 rings (SSSR count). The van der Waals surface area contributed by atoms with Crippen molar-refractivity contribution in [3.8, 4) is 0 Å². The SMILES string of the molecule is C=C(CCC(C)C(C)C)C(=O)OCC. The number of rotatable bonds is 6. The number of hydrogen-bond donors (Lipinski definition) is 0. The van der Waals surface area contributed by atoms with Crippen molar-refractivity contribution in [3.05, 3.63) is 12.2 Å². The molecule has 0 aliphatic rings. The Balaban J connectivity index is 3.79. The summed E-state index contributed by atoms with van der Waals surface area (Å²) in [6, 6.07) is 0. The van der Waals surface area contributed by atoms with Crippen LogP contribution in [0, 0.1) is 11.8 Å². The summed E-state index contributed by atoms with van der Waals surface area (Å²) in [7, 11) is 0. The molecule has 0 aromatic carbocycles. The van der Waals surface area contributed by atoms with Gasteiger partial charge in [-0.15, -0.1) is 0 Å². The monoisotopic (exact) mass is 198 g/mol. The Morgan fingerprint density at radius 1 is 1.36 bits per heavy atom. The molecule has 0 aromatic rings. The zero-order valence-corrected chi connectivity index (χ0v) is 9.80. The Bertz CT molecular complexity index is 194. The van der Waals surface area contributed by atoms with Gasteiger partial charge in [0, 0.05) is 5.57 Å². The number of hydrogen-bond acceptors (Lipinski definition) is 2. The molecule has 2 nitrogen and oxygen atoms in total. The van der Waals surface area contributed by atoms with Crippen molar-refractivity contribution in [2.75, 3.05) is 6.61 Å². The highest BCUT2D eigenvalue weighted by Gasteiger charge is 2.11. The molecule has 0 heterocycles. The van der Waals surface area contributed by atoms with E-state index in [1.807, 2.05) is 6.92 Å². The van der Waals surface area contributed by atoms with E-state index in [9.17, 15) is 4.79 Å². The van der Waals surface area contributed by atoms with E-state index >= 15 is 0 Å². The van der Waals surface area contributed by atoms with Gasteiger partial charge in [0.15, 0.2) is 0 Å². The van der Waals surface area contributed by atoms with Crippen LogP contribution in [0.4, 0.5) is 0 Å². The zero-order chi connectivity index (χ0) is 11.1. The minimum Gasteiger partial charge on any atom is -0.463 e. The third kappa shape index (κ3) is 5.05. The van der Waals surface area contributed by atoms with Crippen molar-refractivity contribution in [3.63, 3.8) is 0 Å². The van der Waals surface area contributed by atoms with Gasteiger partial charge in [0.2, 0.25) is 0 Å². The van der Waals surface area contributed by atoms with Crippen LogP contribution in [-0.4, -0.2) is 12.6 Å². The lowest BCUT2D eigenvalue weighted by Crippen LogP contribution is -2.09. The fraction of sp³-hybridized carbons (Fsp3) is 0.750. The maximum absolute atomic E-state index is 11.2. The molecule has 0 aromatic heterocycles. The summed E-state index contributed by atoms with van der Waals surface area (Å²) in [6.45, 7) is 12.5. The van der Waals surface area contributed by atoms with Crippen LogP contribution >= 0.6 is 0 Å². The van der Waals surface area contributed by atoms with E-state index in [4.69, 9.17) is 4.74 Å². The van der Waals surface area contributed by atoms with Crippen LogP contribution in [-0.2, 0) is 9.53 Å². The van der Waals surface area contributed by atoms with Crippen LogP contribution in [0.3, 0.4) is 0 Å². The first-order chi connectivity index (χ1) is 6.49. The molecule has 0 aliphatic carbocycles. The molecule has 0 saturated carbocycles. The van der Waals surface area contributed by atoms with Crippen LogP contribution in [0.15, 0.2) is 12.2 Å². The molecule has 0 amide bonds. The molecule has 2 heteroatoms. The molecule has 1 atom stereocenters. The van der Waals surface area contributed by atoms with Gasteiger partial charge in [-0.3, -0.25) is 0 Å². The first kappa shape index (κ1) is 13.2. The second kappa shape index (κ2) is 6.63. The van der Waals surface area contributed by atoms with Gasteiger partial charge in [0.1, 0.15) is 0 Å². The maximum atomic E-state index is 11.2. The van der Waals surface area contributed by atoms with Crippen LogP contribution in [0.5, 0.6) is 0 Å². The largest absolute Gasteiger partial charge is 0.463 e. The third-order valence-corrected chi connectivity index (χ3v) is 2.60. The predicted octanol–water partition coefficient (Wildman–Crippen LogP) is 3.18. The quantitative estimate of drug-likeness (QED) is 0.484. The average molecular weight is 198 g/mol. The Kier molecular flexibility index (Phi) is 6.26. The number of carbonyl (C=O) groups excluding carboxylic acids is 1. The topological polar surface area (TPSA) is 26.3 Å². The van der Waals surface area contributed by atoms with Crippen LogP contribution in [0.2, 0.25) is 0 Å². The average Bonchev–Trinajstić information content (AvgIpc) is 2.13. The van der Waals surface area contributed by atoms with Gasteiger partial charge in [0.25, 0.3) is 0 Å². The second-order valence-corrected chi connectivity index (χ2v) is 4.08. The lowest BCUT2D eigenvalue weighted by molar-refractivity contribution is -0.138. The van der Waals surface area contributed by atoms with E-state index in [0.717, 1.165) is 12.8 Å². The first-order valence-electron chi connectivity index (χ1n) is 5.33. The van der Waals surface area contributed by atoms with Crippen molar-refractivity contribution in [2.24, 2.45) is 11.8 Å². The molecular weight excluding hydrogens is 176 g/mol. The van der Waals surface area contributed by atoms with Gasteiger partial charge in [-0.05, 0) is 31.6 Å². The molecule has 14 heavy (non-hydrogen) atoms. The molecule has 0 fully saturated rings. The Hall–Kier alpha value is -0.790. The summed E-state index contributed by atoms with van der Waals surface area (Å²) in [4.78, 5) is 11.2. The van der Waals surface area contributed by atoms with Crippen molar-refractivity contribution >= 4 is 5.97 Å². The van der Waals surface area contributed by atoms with Gasteiger partial charge < -0.3 is 4.74 Å².